The largest absolute Gasteiger partial charge is 0.379 e. The zero-order valence-corrected chi connectivity index (χ0v) is 21.4. The molecule has 2 unspecified atom stereocenters. The lowest BCUT2D eigenvalue weighted by atomic mass is 10.0. The van der Waals surface area contributed by atoms with Crippen molar-refractivity contribution in [2.75, 3.05) is 45.9 Å². The molecule has 2 fully saturated rings. The van der Waals surface area contributed by atoms with E-state index >= 15 is 0 Å². The monoisotopic (exact) mass is 525 g/mol. The molecule has 2 atom stereocenters. The number of hydrogen-bond acceptors (Lipinski definition) is 8. The molecule has 0 bridgehead atoms. The topological polar surface area (TPSA) is 140 Å². The minimum atomic E-state index is -0.893. The number of amides is 4. The molecule has 38 heavy (non-hydrogen) atoms. The predicted molar refractivity (Wildman–Crippen MR) is 138 cm³/mol. The molecular weight excluding hydrogens is 490 g/mol. The molecule has 3 aliphatic rings. The molecule has 4 N–H and O–H groups in total. The van der Waals surface area contributed by atoms with Gasteiger partial charge in [-0.3, -0.25) is 24.5 Å². The Hall–Kier alpha value is -3.30. The minimum absolute atomic E-state index is 0.202. The number of nitrogens with one attached hydrogen (secondary N) is 3. The Bertz CT molecular complexity index is 1090. The van der Waals surface area contributed by atoms with Crippen LogP contribution in [-0.2, 0) is 25.7 Å². The van der Waals surface area contributed by atoms with Crippen LogP contribution in [0.2, 0.25) is 0 Å². The van der Waals surface area contributed by atoms with Crippen LogP contribution in [0.3, 0.4) is 0 Å². The summed E-state index contributed by atoms with van der Waals surface area (Å²) in [4.78, 5) is 51.0. The predicted octanol–water partition coefficient (Wildman–Crippen LogP) is -1.02. The van der Waals surface area contributed by atoms with Crippen molar-refractivity contribution in [1.29, 1.82) is 0 Å². The van der Waals surface area contributed by atoms with E-state index in [1.165, 1.54) is 4.90 Å². The van der Waals surface area contributed by atoms with Gasteiger partial charge >= 0.3 is 0 Å². The lowest BCUT2D eigenvalue weighted by Gasteiger charge is -2.31. The average Bonchev–Trinajstić information content (AvgIpc) is 3.24. The van der Waals surface area contributed by atoms with Gasteiger partial charge in [0.2, 0.25) is 18.2 Å². The smallest absolute Gasteiger partial charge is 0.255 e. The molecule has 11 heteroatoms. The highest BCUT2D eigenvalue weighted by Crippen LogP contribution is 2.29. The van der Waals surface area contributed by atoms with Gasteiger partial charge < -0.3 is 30.3 Å². The van der Waals surface area contributed by atoms with Gasteiger partial charge in [0.15, 0.2) is 0 Å². The van der Waals surface area contributed by atoms with Crippen LogP contribution in [0, 0.1) is 11.8 Å². The van der Waals surface area contributed by atoms with Crippen molar-refractivity contribution in [3.8, 4) is 11.8 Å². The molecule has 1 aromatic carbocycles. The van der Waals surface area contributed by atoms with Crippen LogP contribution in [0.5, 0.6) is 0 Å². The number of fused-ring (bicyclic) bond motifs is 1. The Morgan fingerprint density at radius 2 is 2.00 bits per heavy atom. The highest BCUT2D eigenvalue weighted by molar-refractivity contribution is 6.05. The van der Waals surface area contributed by atoms with Crippen molar-refractivity contribution in [2.45, 2.75) is 50.4 Å². The molecule has 3 aliphatic heterocycles. The van der Waals surface area contributed by atoms with Crippen LogP contribution >= 0.6 is 0 Å². The van der Waals surface area contributed by atoms with E-state index in [0.717, 1.165) is 44.4 Å². The molecule has 0 aromatic heterocycles. The second-order valence-electron chi connectivity index (χ2n) is 9.73. The first-order chi connectivity index (χ1) is 18.5. The van der Waals surface area contributed by atoms with Crippen molar-refractivity contribution in [2.24, 2.45) is 0 Å². The molecule has 0 aliphatic carbocycles. The van der Waals surface area contributed by atoms with Crippen LogP contribution in [0.15, 0.2) is 18.2 Å². The third kappa shape index (κ3) is 7.17. The van der Waals surface area contributed by atoms with Crippen molar-refractivity contribution in [3.05, 3.63) is 34.9 Å². The molecular formula is C27H35N5O6. The molecule has 204 valence electrons. The molecule has 4 rings (SSSR count). The fraction of sp³-hybridized carbons (Fsp3) is 0.556. The summed E-state index contributed by atoms with van der Waals surface area (Å²) in [6, 6.07) is 4.84. The highest BCUT2D eigenvalue weighted by Gasteiger charge is 2.39. The molecule has 11 nitrogen and oxygen atoms in total. The first kappa shape index (κ1) is 27.7. The average molecular weight is 526 g/mol. The van der Waals surface area contributed by atoms with Crippen LogP contribution in [0.25, 0.3) is 0 Å². The van der Waals surface area contributed by atoms with E-state index in [4.69, 9.17) is 4.74 Å². The number of hydrogen-bond donors (Lipinski definition) is 4. The molecule has 4 amide bonds. The number of likely N-dealkylation sites (tertiary alicyclic amines) is 1. The highest BCUT2D eigenvalue weighted by atomic mass is 16.5. The van der Waals surface area contributed by atoms with Gasteiger partial charge in [-0.1, -0.05) is 17.9 Å². The van der Waals surface area contributed by atoms with Gasteiger partial charge in [-0.25, -0.2) is 0 Å². The van der Waals surface area contributed by atoms with E-state index in [0.29, 0.717) is 37.3 Å². The normalized spacial score (nSPS) is 20.9. The third-order valence-electron chi connectivity index (χ3n) is 7.16. The molecule has 2 saturated heterocycles. The molecule has 1 aromatic rings. The maximum Gasteiger partial charge on any atom is 0.255 e. The first-order valence-corrected chi connectivity index (χ1v) is 13.1. The minimum Gasteiger partial charge on any atom is -0.379 e. The number of rotatable bonds is 11. The Morgan fingerprint density at radius 1 is 1.18 bits per heavy atom. The fourth-order valence-corrected chi connectivity index (χ4v) is 5.01. The zero-order valence-electron chi connectivity index (χ0n) is 21.4. The standard InChI is InChI=1S/C27H35N5O6/c33-18-29-20-8-11-31(12-9-20)13-15-38-14-10-28-16-21(34)5-4-19-2-1-3-22-23(19)17-32(27(22)37)24-6-7-25(35)30-26(24)36/h1-3,18,20-21,24,28,34H,6-17H2,(H,29,33)(H,30,35,36). The van der Waals surface area contributed by atoms with Gasteiger partial charge in [-0.15, -0.1) is 0 Å². The second-order valence-corrected chi connectivity index (χ2v) is 9.73. The molecule has 3 heterocycles. The molecule has 0 radical (unpaired) electrons. The van der Waals surface area contributed by atoms with Crippen LogP contribution in [0.4, 0.5) is 0 Å². The summed E-state index contributed by atoms with van der Waals surface area (Å²) in [5.41, 5.74) is 1.86. The number of carbonyl (C=O) groups excluding carboxylic acids is 4. The van der Waals surface area contributed by atoms with Crippen LogP contribution < -0.4 is 16.0 Å². The number of aliphatic hydroxyl groups excluding tert-OH is 1. The lowest BCUT2D eigenvalue weighted by Crippen LogP contribution is -2.52. The first-order valence-electron chi connectivity index (χ1n) is 13.1. The van der Waals surface area contributed by atoms with Gasteiger partial charge in [0.05, 0.1) is 13.2 Å². The number of imide groups is 1. The zero-order chi connectivity index (χ0) is 26.9. The second kappa shape index (κ2) is 13.5. The quantitative estimate of drug-likeness (QED) is 0.125. The maximum atomic E-state index is 12.9. The summed E-state index contributed by atoms with van der Waals surface area (Å²) in [6.07, 6.45) is 2.30. The number of nitrogens with zero attached hydrogens (tertiary/aromatic N) is 2. The summed E-state index contributed by atoms with van der Waals surface area (Å²) < 4.78 is 5.68. The Kier molecular flexibility index (Phi) is 9.84. The van der Waals surface area contributed by atoms with E-state index in [2.05, 4.69) is 32.7 Å². The number of piperidine rings is 2. The van der Waals surface area contributed by atoms with E-state index in [1.54, 1.807) is 18.2 Å². The summed E-state index contributed by atoms with van der Waals surface area (Å²) in [6.45, 7) is 5.01. The van der Waals surface area contributed by atoms with E-state index in [9.17, 15) is 24.3 Å². The van der Waals surface area contributed by atoms with Crippen molar-refractivity contribution < 1.29 is 29.0 Å². The molecule has 0 spiro atoms. The summed E-state index contributed by atoms with van der Waals surface area (Å²) in [7, 11) is 0. The van der Waals surface area contributed by atoms with Crippen molar-refractivity contribution in [3.63, 3.8) is 0 Å². The Balaban J connectivity index is 1.16. The van der Waals surface area contributed by atoms with E-state index in [1.807, 2.05) is 0 Å². The van der Waals surface area contributed by atoms with E-state index in [-0.39, 0.29) is 37.4 Å². The van der Waals surface area contributed by atoms with Crippen molar-refractivity contribution in [1.82, 2.24) is 25.8 Å². The van der Waals surface area contributed by atoms with Crippen LogP contribution in [-0.4, -0.2) is 103 Å². The maximum absolute atomic E-state index is 12.9. The van der Waals surface area contributed by atoms with Gasteiger partial charge in [-0.2, -0.15) is 0 Å². The van der Waals surface area contributed by atoms with E-state index < -0.39 is 18.1 Å². The Morgan fingerprint density at radius 3 is 2.76 bits per heavy atom. The van der Waals surface area contributed by atoms with Gasteiger partial charge in [0.1, 0.15) is 12.1 Å². The number of ether oxygens (including phenoxy) is 1. The number of aliphatic hydroxyl groups is 1. The number of carbonyl (C=O) groups is 4. The number of benzene rings is 1. The Labute approximate surface area is 222 Å². The third-order valence-corrected chi connectivity index (χ3v) is 7.16. The summed E-state index contributed by atoms with van der Waals surface area (Å²) in [5.74, 6) is 4.78. The fourth-order valence-electron chi connectivity index (χ4n) is 5.01. The van der Waals surface area contributed by atoms with Crippen LogP contribution in [0.1, 0.15) is 47.2 Å². The van der Waals surface area contributed by atoms with Gasteiger partial charge in [0.25, 0.3) is 5.91 Å². The lowest BCUT2D eigenvalue weighted by molar-refractivity contribution is -0.136. The summed E-state index contributed by atoms with van der Waals surface area (Å²) >= 11 is 0. The SMILES string of the molecule is O=CNC1CCN(CCOCCNCC(O)C#Cc2cccc3c2CN(C2CCC(=O)NC2=O)C3=O)CC1. The van der Waals surface area contributed by atoms with Crippen molar-refractivity contribution >= 4 is 24.1 Å². The summed E-state index contributed by atoms with van der Waals surface area (Å²) in [5, 5.41) is 18.6. The van der Waals surface area contributed by atoms with Gasteiger partial charge in [-0.05, 0) is 37.0 Å². The molecule has 0 saturated carbocycles. The van der Waals surface area contributed by atoms with Gasteiger partial charge in [0, 0.05) is 62.9 Å².